The molecule has 0 bridgehead atoms. The Kier molecular flexibility index (Phi) is 59.3. The Morgan fingerprint density at radius 1 is 0.284 bits per heavy atom. The average Bonchev–Trinajstić information content (AvgIpc) is 3.40. The van der Waals surface area contributed by atoms with Crippen LogP contribution in [0, 0.1) is 0 Å². The minimum Gasteiger partial charge on any atom is -0.462 e. The number of hydrogen-bond acceptors (Lipinski definition) is 6. The lowest BCUT2D eigenvalue weighted by Gasteiger charge is -2.18. The summed E-state index contributed by atoms with van der Waals surface area (Å²) in [5, 5.41) is 0. The van der Waals surface area contributed by atoms with Gasteiger partial charge in [0.05, 0.1) is 0 Å². The van der Waals surface area contributed by atoms with Gasteiger partial charge in [-0.2, -0.15) is 0 Å². The van der Waals surface area contributed by atoms with Crippen LogP contribution in [-0.2, 0) is 28.6 Å². The van der Waals surface area contributed by atoms with Gasteiger partial charge in [-0.25, -0.2) is 0 Å². The Bertz CT molecular complexity index is 1420. The molecular weight excluding hydrogens is 913 g/mol. The maximum absolute atomic E-state index is 12.8. The van der Waals surface area contributed by atoms with Crippen molar-refractivity contribution in [3.8, 4) is 0 Å². The first-order chi connectivity index (χ1) is 36.5. The first-order valence-corrected chi connectivity index (χ1v) is 31.6. The molecule has 0 radical (unpaired) electrons. The summed E-state index contributed by atoms with van der Waals surface area (Å²) in [6.45, 7) is 6.54. The van der Waals surface area contributed by atoms with Crippen LogP contribution >= 0.6 is 0 Å². The highest BCUT2D eigenvalue weighted by molar-refractivity contribution is 5.71. The lowest BCUT2D eigenvalue weighted by Crippen LogP contribution is -2.30. The second-order valence-corrected chi connectivity index (χ2v) is 21.0. The molecule has 0 aliphatic rings. The van der Waals surface area contributed by atoms with Gasteiger partial charge >= 0.3 is 17.9 Å². The van der Waals surface area contributed by atoms with Crippen molar-refractivity contribution in [2.45, 2.75) is 316 Å². The van der Waals surface area contributed by atoms with Gasteiger partial charge in [0.25, 0.3) is 0 Å². The lowest BCUT2D eigenvalue weighted by molar-refractivity contribution is -0.167. The normalized spacial score (nSPS) is 12.6. The molecule has 0 N–H and O–H groups in total. The van der Waals surface area contributed by atoms with Crippen molar-refractivity contribution in [2.24, 2.45) is 0 Å². The summed E-state index contributed by atoms with van der Waals surface area (Å²) in [6.07, 6.45) is 81.7. The largest absolute Gasteiger partial charge is 0.462 e. The van der Waals surface area contributed by atoms with E-state index in [2.05, 4.69) is 106 Å². The monoisotopic (exact) mass is 1030 g/mol. The molecule has 0 aliphatic heterocycles. The maximum Gasteiger partial charge on any atom is 0.306 e. The molecule has 0 saturated carbocycles. The molecule has 0 rings (SSSR count). The number of unbranched alkanes of at least 4 members (excludes halogenated alkanes) is 32. The van der Waals surface area contributed by atoms with Crippen molar-refractivity contribution < 1.29 is 28.6 Å². The number of ether oxygens (including phenoxy) is 3. The third-order valence-corrected chi connectivity index (χ3v) is 13.7. The summed E-state index contributed by atoms with van der Waals surface area (Å²) < 4.78 is 16.9. The highest BCUT2D eigenvalue weighted by Crippen LogP contribution is 2.16. The molecule has 0 saturated heterocycles. The van der Waals surface area contributed by atoms with Crippen LogP contribution in [0.15, 0.2) is 85.1 Å². The third-order valence-electron chi connectivity index (χ3n) is 13.7. The first-order valence-electron chi connectivity index (χ1n) is 31.6. The molecular formula is C68H118O6. The molecule has 0 aliphatic carbocycles. The molecule has 1 atom stereocenters. The number of rotatable bonds is 57. The predicted octanol–water partition coefficient (Wildman–Crippen LogP) is 21.5. The zero-order chi connectivity index (χ0) is 53.6. The SMILES string of the molecule is CC/C=C\C/C=C\C/C=C\C/C=C\C/C=C\C/C=C\C/C=C\CCCCCCCCCCCCCC(=O)OCC(COC(=O)CCCCCCCCCCCCC)OC(=O)CCCCCCCCCCCCCC. The van der Waals surface area contributed by atoms with Gasteiger partial charge in [0.15, 0.2) is 6.10 Å². The Labute approximate surface area is 458 Å². The third kappa shape index (κ3) is 59.5. The van der Waals surface area contributed by atoms with E-state index < -0.39 is 6.10 Å². The number of hydrogen-bond donors (Lipinski definition) is 0. The van der Waals surface area contributed by atoms with Crippen LogP contribution in [0.2, 0.25) is 0 Å². The molecule has 74 heavy (non-hydrogen) atoms. The standard InChI is InChI=1S/C68H118O6/c1-4-7-10-13-16-19-22-24-25-26-27-28-29-30-31-32-33-34-35-36-37-38-39-40-41-42-43-44-47-49-52-55-58-61-67(70)73-64-65(63-72-66(69)60-57-54-51-48-45-21-18-15-12-9-6-3)74-68(71)62-59-56-53-50-46-23-20-17-14-11-8-5-2/h7,10,16,19,24-25,27-28,30-31,33-34,36-37,65H,4-6,8-9,11-15,17-18,20-23,26,29,32,35,38-64H2,1-3H3/b10-7-,19-16-,25-24-,28-27-,31-30-,34-33-,37-36-. The van der Waals surface area contributed by atoms with Crippen molar-refractivity contribution in [1.29, 1.82) is 0 Å². The molecule has 0 fully saturated rings. The fourth-order valence-electron chi connectivity index (χ4n) is 8.95. The Morgan fingerprint density at radius 2 is 0.527 bits per heavy atom. The van der Waals surface area contributed by atoms with E-state index in [0.717, 1.165) is 103 Å². The molecule has 6 nitrogen and oxygen atoms in total. The van der Waals surface area contributed by atoms with Crippen molar-refractivity contribution in [1.82, 2.24) is 0 Å². The van der Waals surface area contributed by atoms with Crippen LogP contribution in [0.4, 0.5) is 0 Å². The Balaban J connectivity index is 4.12. The van der Waals surface area contributed by atoms with E-state index in [-0.39, 0.29) is 31.1 Å². The van der Waals surface area contributed by atoms with Gasteiger partial charge in [-0.3, -0.25) is 14.4 Å². The molecule has 0 amide bonds. The van der Waals surface area contributed by atoms with Crippen molar-refractivity contribution in [3.63, 3.8) is 0 Å². The summed E-state index contributed by atoms with van der Waals surface area (Å²) in [6, 6.07) is 0. The van der Waals surface area contributed by atoms with Crippen LogP contribution in [-0.4, -0.2) is 37.2 Å². The van der Waals surface area contributed by atoms with Gasteiger partial charge in [0.1, 0.15) is 13.2 Å². The van der Waals surface area contributed by atoms with E-state index >= 15 is 0 Å². The molecule has 0 heterocycles. The number of esters is 3. The van der Waals surface area contributed by atoms with Crippen molar-refractivity contribution >= 4 is 17.9 Å². The van der Waals surface area contributed by atoms with E-state index in [4.69, 9.17) is 14.2 Å². The minimum absolute atomic E-state index is 0.0714. The quantitative estimate of drug-likeness (QED) is 0.0261. The van der Waals surface area contributed by atoms with E-state index in [9.17, 15) is 14.4 Å². The second kappa shape index (κ2) is 62.1. The minimum atomic E-state index is -0.772. The van der Waals surface area contributed by atoms with Crippen LogP contribution in [0.25, 0.3) is 0 Å². The summed E-state index contributed by atoms with van der Waals surface area (Å²) in [5.74, 6) is -0.864. The molecule has 0 aromatic rings. The van der Waals surface area contributed by atoms with Gasteiger partial charge in [0.2, 0.25) is 0 Å². The highest BCUT2D eigenvalue weighted by atomic mass is 16.6. The maximum atomic E-state index is 12.8. The topological polar surface area (TPSA) is 78.9 Å². The van der Waals surface area contributed by atoms with Crippen LogP contribution in [0.5, 0.6) is 0 Å². The highest BCUT2D eigenvalue weighted by Gasteiger charge is 2.19. The summed E-state index contributed by atoms with van der Waals surface area (Å²) in [4.78, 5) is 38.1. The van der Waals surface area contributed by atoms with Gasteiger partial charge < -0.3 is 14.2 Å². The summed E-state index contributed by atoms with van der Waals surface area (Å²) in [5.41, 5.74) is 0. The van der Waals surface area contributed by atoms with Gasteiger partial charge in [-0.05, 0) is 77.0 Å². The smallest absolute Gasteiger partial charge is 0.306 e. The molecule has 0 aromatic carbocycles. The predicted molar refractivity (Wildman–Crippen MR) is 321 cm³/mol. The molecule has 0 spiro atoms. The van der Waals surface area contributed by atoms with Crippen molar-refractivity contribution in [2.75, 3.05) is 13.2 Å². The average molecular weight is 1030 g/mol. The number of carbonyl (C=O) groups excluding carboxylic acids is 3. The fourth-order valence-corrected chi connectivity index (χ4v) is 8.95. The Morgan fingerprint density at radius 3 is 0.824 bits per heavy atom. The zero-order valence-corrected chi connectivity index (χ0v) is 48.8. The lowest BCUT2D eigenvalue weighted by atomic mass is 10.0. The van der Waals surface area contributed by atoms with E-state index in [0.29, 0.717) is 19.3 Å². The molecule has 1 unspecified atom stereocenters. The van der Waals surface area contributed by atoms with E-state index in [1.54, 1.807) is 0 Å². The van der Waals surface area contributed by atoms with Crippen LogP contribution in [0.1, 0.15) is 310 Å². The fraction of sp³-hybridized carbons (Fsp3) is 0.750. The first kappa shape index (κ1) is 70.6. The molecule has 0 aromatic heterocycles. The second-order valence-electron chi connectivity index (χ2n) is 21.0. The van der Waals surface area contributed by atoms with Gasteiger partial charge in [-0.1, -0.05) is 298 Å². The van der Waals surface area contributed by atoms with Gasteiger partial charge in [-0.15, -0.1) is 0 Å². The summed E-state index contributed by atoms with van der Waals surface area (Å²) >= 11 is 0. The molecule has 6 heteroatoms. The van der Waals surface area contributed by atoms with Crippen LogP contribution in [0.3, 0.4) is 0 Å². The summed E-state index contributed by atoms with van der Waals surface area (Å²) in [7, 11) is 0. The van der Waals surface area contributed by atoms with Gasteiger partial charge in [0, 0.05) is 19.3 Å². The number of allylic oxidation sites excluding steroid dienone is 14. The van der Waals surface area contributed by atoms with E-state index in [1.807, 2.05) is 0 Å². The van der Waals surface area contributed by atoms with Crippen LogP contribution < -0.4 is 0 Å². The van der Waals surface area contributed by atoms with E-state index in [1.165, 1.54) is 167 Å². The molecule has 426 valence electrons. The number of carbonyl (C=O) groups is 3. The Hall–Kier alpha value is -3.41. The van der Waals surface area contributed by atoms with Crippen molar-refractivity contribution in [3.05, 3.63) is 85.1 Å². The zero-order valence-electron chi connectivity index (χ0n) is 48.8.